The lowest BCUT2D eigenvalue weighted by Crippen LogP contribution is -2.31. The van der Waals surface area contributed by atoms with Gasteiger partial charge in [-0.2, -0.15) is 5.26 Å². The van der Waals surface area contributed by atoms with Gasteiger partial charge in [-0.05, 0) is 67.1 Å². The summed E-state index contributed by atoms with van der Waals surface area (Å²) in [6.07, 6.45) is 6.79. The number of nitrogens with zero attached hydrogens (tertiary/aromatic N) is 3. The van der Waals surface area contributed by atoms with E-state index >= 15 is 0 Å². The van der Waals surface area contributed by atoms with Crippen LogP contribution in [0.25, 0.3) is 0 Å². The van der Waals surface area contributed by atoms with Crippen LogP contribution in [0, 0.1) is 28.6 Å². The second kappa shape index (κ2) is 9.25. The van der Waals surface area contributed by atoms with E-state index in [0.717, 1.165) is 36.4 Å². The predicted octanol–water partition coefficient (Wildman–Crippen LogP) is 4.11. The molecule has 0 spiro atoms. The largest absolute Gasteiger partial charge is 0.366 e. The molecule has 1 aliphatic carbocycles. The fourth-order valence-corrected chi connectivity index (χ4v) is 4.28. The predicted molar refractivity (Wildman–Crippen MR) is 118 cm³/mol. The number of carbonyl (C=O) groups excluding carboxylic acids is 1. The van der Waals surface area contributed by atoms with Gasteiger partial charge in [0.1, 0.15) is 6.07 Å². The molecule has 1 aromatic carbocycles. The Labute approximate surface area is 178 Å². The molecule has 0 saturated heterocycles. The van der Waals surface area contributed by atoms with Gasteiger partial charge in [0.2, 0.25) is 11.9 Å². The van der Waals surface area contributed by atoms with Crippen molar-refractivity contribution in [1.29, 1.82) is 5.26 Å². The number of rotatable bonds is 7. The average Bonchev–Trinajstić information content (AvgIpc) is 2.71. The van der Waals surface area contributed by atoms with Gasteiger partial charge in [0, 0.05) is 12.1 Å². The van der Waals surface area contributed by atoms with Gasteiger partial charge in [-0.1, -0.05) is 32.9 Å². The summed E-state index contributed by atoms with van der Waals surface area (Å²) in [7, 11) is 0. The number of nitrogens with one attached hydrogen (secondary N) is 1. The summed E-state index contributed by atoms with van der Waals surface area (Å²) in [5, 5.41) is 12.7. The van der Waals surface area contributed by atoms with Gasteiger partial charge in [-0.3, -0.25) is 4.79 Å². The highest BCUT2D eigenvalue weighted by Crippen LogP contribution is 2.44. The van der Waals surface area contributed by atoms with E-state index in [-0.39, 0.29) is 0 Å². The molecule has 2 atom stereocenters. The van der Waals surface area contributed by atoms with Crippen LogP contribution >= 0.6 is 0 Å². The lowest BCUT2D eigenvalue weighted by molar-refractivity contribution is 0.1000. The topological polar surface area (TPSA) is 105 Å². The van der Waals surface area contributed by atoms with Crippen molar-refractivity contribution in [3.8, 4) is 6.07 Å². The minimum atomic E-state index is -0.422. The van der Waals surface area contributed by atoms with E-state index in [4.69, 9.17) is 5.73 Å². The third kappa shape index (κ3) is 5.35. The van der Waals surface area contributed by atoms with Crippen LogP contribution in [0.3, 0.4) is 0 Å². The number of anilines is 1. The molecule has 30 heavy (non-hydrogen) atoms. The molecule has 1 aliphatic rings. The van der Waals surface area contributed by atoms with Crippen LogP contribution in [0.4, 0.5) is 5.95 Å². The third-order valence-corrected chi connectivity index (χ3v) is 6.56. The summed E-state index contributed by atoms with van der Waals surface area (Å²) in [5.74, 6) is 1.41. The number of nitrogens with two attached hydrogens (primary N) is 1. The fraction of sp³-hybridized carbons (Fsp3) is 0.500. The number of hydrogen-bond donors (Lipinski definition) is 2. The maximum Gasteiger partial charge on any atom is 0.248 e. The molecule has 6 heteroatoms. The SMILES string of the molecule is C[C@H]1CC[C@@H](Cc2nc(NCCc3ccc(C(N)=O)cc3)ncc2C#N)CC1(C)C. The fourth-order valence-electron chi connectivity index (χ4n) is 4.28. The van der Waals surface area contributed by atoms with Crippen molar-refractivity contribution >= 4 is 11.9 Å². The van der Waals surface area contributed by atoms with Crippen LogP contribution in [0.5, 0.6) is 0 Å². The summed E-state index contributed by atoms with van der Waals surface area (Å²) < 4.78 is 0. The van der Waals surface area contributed by atoms with Gasteiger partial charge in [0.15, 0.2) is 0 Å². The first kappa shape index (κ1) is 21.8. The lowest BCUT2D eigenvalue weighted by atomic mass is 9.65. The monoisotopic (exact) mass is 405 g/mol. The Hall–Kier alpha value is -2.94. The normalized spacial score (nSPS) is 20.3. The summed E-state index contributed by atoms with van der Waals surface area (Å²) in [4.78, 5) is 20.1. The van der Waals surface area contributed by atoms with Crippen LogP contribution in [0.2, 0.25) is 0 Å². The third-order valence-electron chi connectivity index (χ3n) is 6.56. The molecule has 1 fully saturated rings. The number of benzene rings is 1. The Morgan fingerprint density at radius 1 is 1.30 bits per heavy atom. The van der Waals surface area contributed by atoms with Gasteiger partial charge >= 0.3 is 0 Å². The molecule has 3 rings (SSSR count). The van der Waals surface area contributed by atoms with Crippen molar-refractivity contribution in [3.05, 3.63) is 52.8 Å². The second-order valence-electron chi connectivity index (χ2n) is 9.14. The van der Waals surface area contributed by atoms with E-state index < -0.39 is 5.91 Å². The molecule has 158 valence electrons. The smallest absolute Gasteiger partial charge is 0.248 e. The molecule has 0 unspecified atom stereocenters. The number of nitriles is 1. The highest BCUT2D eigenvalue weighted by atomic mass is 16.1. The zero-order valence-corrected chi connectivity index (χ0v) is 18.1. The Balaban J connectivity index is 1.61. The Bertz CT molecular complexity index is 930. The summed E-state index contributed by atoms with van der Waals surface area (Å²) in [6.45, 7) is 7.69. The van der Waals surface area contributed by atoms with Crippen molar-refractivity contribution in [3.63, 3.8) is 0 Å². The van der Waals surface area contributed by atoms with E-state index in [1.165, 1.54) is 12.8 Å². The Morgan fingerprint density at radius 3 is 2.67 bits per heavy atom. The van der Waals surface area contributed by atoms with Gasteiger partial charge in [-0.25, -0.2) is 9.97 Å². The molecule has 0 bridgehead atoms. The molecule has 3 N–H and O–H groups in total. The number of hydrogen-bond acceptors (Lipinski definition) is 5. The maximum atomic E-state index is 11.2. The summed E-state index contributed by atoms with van der Waals surface area (Å²) >= 11 is 0. The van der Waals surface area contributed by atoms with E-state index in [1.807, 2.05) is 12.1 Å². The second-order valence-corrected chi connectivity index (χ2v) is 9.14. The van der Waals surface area contributed by atoms with Crippen LogP contribution in [-0.4, -0.2) is 22.4 Å². The van der Waals surface area contributed by atoms with Crippen molar-refractivity contribution in [2.45, 2.75) is 52.9 Å². The highest BCUT2D eigenvalue weighted by Gasteiger charge is 2.34. The first-order chi connectivity index (χ1) is 14.3. The zero-order valence-electron chi connectivity index (χ0n) is 18.1. The van der Waals surface area contributed by atoms with E-state index in [9.17, 15) is 10.1 Å². The number of primary amides is 1. The standard InChI is InChI=1S/C24H31N5O/c1-16-4-5-18(13-24(16,2)3)12-21-20(14-25)15-28-23(29-21)27-11-10-17-6-8-19(9-7-17)22(26)30/h6-9,15-16,18H,4-5,10-13H2,1-3H3,(H2,26,30)(H,27,28,29)/t16-,18-/m0/s1. The Kier molecular flexibility index (Phi) is 6.71. The van der Waals surface area contributed by atoms with E-state index in [0.29, 0.717) is 35.0 Å². The molecule has 2 aromatic rings. The van der Waals surface area contributed by atoms with Gasteiger partial charge in [-0.15, -0.1) is 0 Å². The molecular formula is C24H31N5O. The molecule has 0 aliphatic heterocycles. The minimum absolute atomic E-state index is 0.327. The van der Waals surface area contributed by atoms with E-state index in [2.05, 4.69) is 42.1 Å². The van der Waals surface area contributed by atoms with Crippen molar-refractivity contribution in [1.82, 2.24) is 9.97 Å². The molecule has 6 nitrogen and oxygen atoms in total. The highest BCUT2D eigenvalue weighted by molar-refractivity contribution is 5.92. The van der Waals surface area contributed by atoms with Gasteiger partial charge in [0.25, 0.3) is 0 Å². The molecule has 1 heterocycles. The molecular weight excluding hydrogens is 374 g/mol. The zero-order chi connectivity index (χ0) is 21.7. The van der Waals surface area contributed by atoms with Crippen LogP contribution in [0.15, 0.2) is 30.5 Å². The maximum absolute atomic E-state index is 11.2. The van der Waals surface area contributed by atoms with Crippen LogP contribution < -0.4 is 11.1 Å². The van der Waals surface area contributed by atoms with Gasteiger partial charge in [0.05, 0.1) is 17.5 Å². The number of carbonyl (C=O) groups is 1. The van der Waals surface area contributed by atoms with Crippen LogP contribution in [0.1, 0.15) is 67.2 Å². The molecule has 1 aromatic heterocycles. The minimum Gasteiger partial charge on any atom is -0.366 e. The summed E-state index contributed by atoms with van der Waals surface area (Å²) in [5.41, 5.74) is 8.62. The van der Waals surface area contributed by atoms with Crippen molar-refractivity contribution < 1.29 is 4.79 Å². The number of aromatic nitrogens is 2. The van der Waals surface area contributed by atoms with Crippen molar-refractivity contribution in [2.24, 2.45) is 23.0 Å². The summed E-state index contributed by atoms with van der Waals surface area (Å²) in [6, 6.07) is 9.52. The van der Waals surface area contributed by atoms with Gasteiger partial charge < -0.3 is 11.1 Å². The van der Waals surface area contributed by atoms with E-state index in [1.54, 1.807) is 18.3 Å². The molecule has 1 amide bonds. The molecule has 0 radical (unpaired) electrons. The number of amides is 1. The van der Waals surface area contributed by atoms with Crippen molar-refractivity contribution in [2.75, 3.05) is 11.9 Å². The quantitative estimate of drug-likeness (QED) is 0.721. The first-order valence-corrected chi connectivity index (χ1v) is 10.7. The average molecular weight is 406 g/mol. The van der Waals surface area contributed by atoms with Crippen LogP contribution in [-0.2, 0) is 12.8 Å². The Morgan fingerprint density at radius 2 is 2.03 bits per heavy atom. The first-order valence-electron chi connectivity index (χ1n) is 10.7. The molecule has 1 saturated carbocycles. The lowest BCUT2D eigenvalue weighted by Gasteiger charge is -2.40.